The molecule has 27 heavy (non-hydrogen) atoms. The molecule has 0 heterocycles. The average Bonchev–Trinajstić information content (AvgIpc) is 2.73. The van der Waals surface area contributed by atoms with Crippen LogP contribution >= 0.6 is 0 Å². The molecular formula is C27H66. The van der Waals surface area contributed by atoms with Crippen molar-refractivity contribution < 1.29 is 0 Å². The molecule has 0 bridgehead atoms. The lowest BCUT2D eigenvalue weighted by Gasteiger charge is -2.43. The summed E-state index contributed by atoms with van der Waals surface area (Å²) in [6, 6.07) is 0. The van der Waals surface area contributed by atoms with E-state index in [1.54, 1.807) is 0 Å². The van der Waals surface area contributed by atoms with Gasteiger partial charge < -0.3 is 0 Å². The third kappa shape index (κ3) is 26.0. The molecule has 0 aromatic carbocycles. The zero-order valence-corrected chi connectivity index (χ0v) is 23.5. The quantitative estimate of drug-likeness (QED) is 0.386. The lowest BCUT2D eigenvalue weighted by Crippen LogP contribution is -2.34. The standard InChI is InChI=1S/C16H34.C3H8.4C2H6/c1-8-11-15(6)16(7,14(5)10-3)12-13(4)9-2;1-3-2;4*1-2/h13-15H,8-12H2,1-7H3;3H2,1-2H3;4*1-2H3. The van der Waals surface area contributed by atoms with Crippen LogP contribution in [0.15, 0.2) is 0 Å². The lowest BCUT2D eigenvalue weighted by molar-refractivity contribution is 0.0705. The Labute approximate surface area is 179 Å². The monoisotopic (exact) mass is 391 g/mol. The third-order valence-electron chi connectivity index (χ3n) is 5.07. The first kappa shape index (κ1) is 41.4. The summed E-state index contributed by atoms with van der Waals surface area (Å²) >= 11 is 0. The van der Waals surface area contributed by atoms with E-state index in [2.05, 4.69) is 62.3 Å². The molecule has 4 atom stereocenters. The highest BCUT2D eigenvalue weighted by atomic mass is 14.4. The average molecular weight is 391 g/mol. The number of rotatable bonds is 8. The zero-order valence-electron chi connectivity index (χ0n) is 23.5. The molecule has 0 N–H and O–H groups in total. The van der Waals surface area contributed by atoms with Crippen molar-refractivity contribution in [1.29, 1.82) is 0 Å². The van der Waals surface area contributed by atoms with Gasteiger partial charge in [0.25, 0.3) is 0 Å². The Morgan fingerprint density at radius 2 is 0.926 bits per heavy atom. The highest BCUT2D eigenvalue weighted by Gasteiger charge is 2.35. The van der Waals surface area contributed by atoms with Gasteiger partial charge >= 0.3 is 0 Å². The molecule has 0 fully saturated rings. The molecule has 0 aromatic rings. The van der Waals surface area contributed by atoms with Gasteiger partial charge in [0.1, 0.15) is 0 Å². The molecule has 0 saturated carbocycles. The van der Waals surface area contributed by atoms with Crippen LogP contribution in [0.25, 0.3) is 0 Å². The van der Waals surface area contributed by atoms with Gasteiger partial charge in [0.15, 0.2) is 0 Å². The van der Waals surface area contributed by atoms with Gasteiger partial charge in [-0.1, -0.05) is 150 Å². The van der Waals surface area contributed by atoms with Crippen molar-refractivity contribution >= 4 is 0 Å². The van der Waals surface area contributed by atoms with Crippen LogP contribution in [0.5, 0.6) is 0 Å². The summed E-state index contributed by atoms with van der Waals surface area (Å²) in [4.78, 5) is 0. The van der Waals surface area contributed by atoms with Crippen molar-refractivity contribution in [2.75, 3.05) is 0 Å². The van der Waals surface area contributed by atoms with E-state index in [0.29, 0.717) is 5.41 Å². The molecular weight excluding hydrogens is 324 g/mol. The summed E-state index contributed by atoms with van der Waals surface area (Å²) in [6.45, 7) is 37.1. The van der Waals surface area contributed by atoms with Crippen LogP contribution in [-0.4, -0.2) is 0 Å². The van der Waals surface area contributed by atoms with Crippen LogP contribution in [0.2, 0.25) is 0 Å². The molecule has 0 aliphatic heterocycles. The van der Waals surface area contributed by atoms with Crippen molar-refractivity contribution in [1.82, 2.24) is 0 Å². The van der Waals surface area contributed by atoms with E-state index >= 15 is 0 Å². The normalized spacial score (nSPS) is 14.1. The van der Waals surface area contributed by atoms with Crippen molar-refractivity contribution in [3.63, 3.8) is 0 Å². The maximum Gasteiger partial charge on any atom is -0.0272 e. The van der Waals surface area contributed by atoms with Crippen LogP contribution < -0.4 is 0 Å². The summed E-state index contributed by atoms with van der Waals surface area (Å²) < 4.78 is 0. The first-order chi connectivity index (χ1) is 12.8. The molecule has 0 nitrogen and oxygen atoms in total. The molecule has 0 heteroatoms. The Morgan fingerprint density at radius 1 is 0.593 bits per heavy atom. The molecule has 174 valence electrons. The fourth-order valence-electron chi connectivity index (χ4n) is 3.01. The van der Waals surface area contributed by atoms with Gasteiger partial charge in [0.05, 0.1) is 0 Å². The Bertz CT molecular complexity index is 184. The first-order valence-electron chi connectivity index (χ1n) is 12.8. The highest BCUT2D eigenvalue weighted by Crippen LogP contribution is 2.45. The summed E-state index contributed by atoms with van der Waals surface area (Å²) in [5.74, 6) is 2.59. The molecule has 0 aromatic heterocycles. The predicted octanol–water partition coefficient (Wildman–Crippen LogP) is 11.4. The van der Waals surface area contributed by atoms with Gasteiger partial charge in [-0.05, 0) is 29.6 Å². The Kier molecular flexibility index (Phi) is 56.5. The van der Waals surface area contributed by atoms with Crippen molar-refractivity contribution in [2.24, 2.45) is 23.2 Å². The minimum absolute atomic E-state index is 0.542. The molecule has 0 rings (SSSR count). The maximum atomic E-state index is 2.54. The van der Waals surface area contributed by atoms with Gasteiger partial charge in [0, 0.05) is 0 Å². The third-order valence-corrected chi connectivity index (χ3v) is 5.07. The van der Waals surface area contributed by atoms with Gasteiger partial charge in [-0.2, -0.15) is 0 Å². The van der Waals surface area contributed by atoms with Gasteiger partial charge in [-0.3, -0.25) is 0 Å². The minimum atomic E-state index is 0.542. The second-order valence-corrected chi connectivity index (χ2v) is 6.93. The summed E-state index contributed by atoms with van der Waals surface area (Å²) in [6.07, 6.45) is 8.01. The van der Waals surface area contributed by atoms with E-state index < -0.39 is 0 Å². The SMILES string of the molecule is CC.CC.CC.CC.CCC.CCCC(C)C(C)(CC(C)CC)C(C)CC. The minimum Gasteiger partial charge on any atom is -0.0683 e. The van der Waals surface area contributed by atoms with Crippen LogP contribution in [0, 0.1) is 23.2 Å². The van der Waals surface area contributed by atoms with E-state index in [-0.39, 0.29) is 0 Å². The maximum absolute atomic E-state index is 2.54. The van der Waals surface area contributed by atoms with Crippen LogP contribution in [0.4, 0.5) is 0 Å². The van der Waals surface area contributed by atoms with Gasteiger partial charge in [-0.25, -0.2) is 0 Å². The van der Waals surface area contributed by atoms with E-state index in [1.165, 1.54) is 38.5 Å². The topological polar surface area (TPSA) is 0 Å². The smallest absolute Gasteiger partial charge is 0.0272 e. The first-order valence-corrected chi connectivity index (χ1v) is 12.8. The van der Waals surface area contributed by atoms with Gasteiger partial charge in [-0.15, -0.1) is 0 Å². The van der Waals surface area contributed by atoms with E-state index in [4.69, 9.17) is 0 Å². The van der Waals surface area contributed by atoms with E-state index in [1.807, 2.05) is 55.4 Å². The molecule has 0 radical (unpaired) electrons. The van der Waals surface area contributed by atoms with Gasteiger partial charge in [0.2, 0.25) is 0 Å². The fraction of sp³-hybridized carbons (Fsp3) is 1.00. The fourth-order valence-corrected chi connectivity index (χ4v) is 3.01. The number of hydrogen-bond donors (Lipinski definition) is 0. The number of hydrogen-bond acceptors (Lipinski definition) is 0. The summed E-state index contributed by atoms with van der Waals surface area (Å²) in [7, 11) is 0. The molecule has 0 aliphatic rings. The molecule has 0 aliphatic carbocycles. The largest absolute Gasteiger partial charge is 0.0683 e. The summed E-state index contributed by atoms with van der Waals surface area (Å²) in [5.41, 5.74) is 0.542. The molecule has 4 unspecified atom stereocenters. The molecule has 0 spiro atoms. The Morgan fingerprint density at radius 3 is 1.15 bits per heavy atom. The van der Waals surface area contributed by atoms with Crippen molar-refractivity contribution in [2.45, 2.75) is 156 Å². The zero-order chi connectivity index (χ0) is 23.5. The molecule has 0 saturated heterocycles. The predicted molar refractivity (Wildman–Crippen MR) is 137 cm³/mol. The summed E-state index contributed by atoms with van der Waals surface area (Å²) in [5, 5.41) is 0. The van der Waals surface area contributed by atoms with Crippen LogP contribution in [-0.2, 0) is 0 Å². The Balaban J connectivity index is -0.0000000844. The lowest BCUT2D eigenvalue weighted by atomic mass is 9.63. The second-order valence-electron chi connectivity index (χ2n) is 6.93. The second kappa shape index (κ2) is 36.8. The van der Waals surface area contributed by atoms with E-state index in [9.17, 15) is 0 Å². The van der Waals surface area contributed by atoms with E-state index in [0.717, 1.165) is 17.8 Å². The molecule has 0 amide bonds. The van der Waals surface area contributed by atoms with Crippen LogP contribution in [0.3, 0.4) is 0 Å². The van der Waals surface area contributed by atoms with Crippen molar-refractivity contribution in [3.8, 4) is 0 Å². The highest BCUT2D eigenvalue weighted by molar-refractivity contribution is 4.85. The van der Waals surface area contributed by atoms with Crippen molar-refractivity contribution in [3.05, 3.63) is 0 Å². The Hall–Kier alpha value is 0. The van der Waals surface area contributed by atoms with Crippen LogP contribution in [0.1, 0.15) is 156 Å².